The zero-order chi connectivity index (χ0) is 23.4. The number of ketones is 1. The number of benzene rings is 3. The van der Waals surface area contributed by atoms with Crippen molar-refractivity contribution < 1.29 is 23.8 Å². The van der Waals surface area contributed by atoms with Crippen LogP contribution in [0.25, 0.3) is 6.08 Å². The van der Waals surface area contributed by atoms with Crippen molar-refractivity contribution in [3.8, 4) is 11.5 Å². The number of aromatic hydroxyl groups is 1. The van der Waals surface area contributed by atoms with Gasteiger partial charge in [0.05, 0.1) is 18.6 Å². The molecule has 0 aliphatic carbocycles. The third kappa shape index (κ3) is 5.55. The minimum absolute atomic E-state index is 0. The fourth-order valence-electron chi connectivity index (χ4n) is 3.19. The molecule has 34 heavy (non-hydrogen) atoms. The average Bonchev–Trinajstić information content (AvgIpc) is 3.14. The van der Waals surface area contributed by atoms with E-state index < -0.39 is 5.82 Å². The number of carbonyl (C=O) groups is 2. The van der Waals surface area contributed by atoms with Crippen LogP contribution < -0.4 is 9.64 Å². The first-order valence-corrected chi connectivity index (χ1v) is 10.9. The maximum absolute atomic E-state index is 13.2. The van der Waals surface area contributed by atoms with Gasteiger partial charge in [-0.15, -0.1) is 17.0 Å². The Labute approximate surface area is 210 Å². The SMILES string of the molecule is Br.COc1cc(/C=C2\N=C(SCC(=O)c3ccc(F)cc3)N(c3ccccc3)C2=O)ccc1O. The number of rotatable bonds is 6. The van der Waals surface area contributed by atoms with E-state index in [0.29, 0.717) is 22.0 Å². The van der Waals surface area contributed by atoms with Gasteiger partial charge in [0, 0.05) is 5.56 Å². The number of ether oxygens (including phenoxy) is 1. The fraction of sp³-hybridized carbons (Fsp3) is 0.0800. The molecule has 1 aliphatic rings. The highest BCUT2D eigenvalue weighted by atomic mass is 79.9. The zero-order valence-electron chi connectivity index (χ0n) is 18.0. The van der Waals surface area contributed by atoms with Crippen molar-refractivity contribution in [3.63, 3.8) is 0 Å². The van der Waals surface area contributed by atoms with Crippen LogP contribution in [0.3, 0.4) is 0 Å². The van der Waals surface area contributed by atoms with Crippen LogP contribution in [0, 0.1) is 5.82 Å². The summed E-state index contributed by atoms with van der Waals surface area (Å²) in [7, 11) is 1.44. The van der Waals surface area contributed by atoms with Crippen LogP contribution in [0.15, 0.2) is 83.5 Å². The number of Topliss-reactive ketones (excluding diaryl/α,β-unsaturated/α-hetero) is 1. The molecule has 0 radical (unpaired) electrons. The van der Waals surface area contributed by atoms with Crippen LogP contribution in [0.4, 0.5) is 10.1 Å². The van der Waals surface area contributed by atoms with Gasteiger partial charge < -0.3 is 9.84 Å². The quantitative estimate of drug-likeness (QED) is 0.329. The molecule has 0 fully saturated rings. The molecule has 3 aromatic rings. The second-order valence-corrected chi connectivity index (χ2v) is 7.99. The van der Waals surface area contributed by atoms with Crippen molar-refractivity contribution in [3.05, 3.63) is 95.4 Å². The maximum Gasteiger partial charge on any atom is 0.283 e. The molecule has 4 rings (SSSR count). The van der Waals surface area contributed by atoms with E-state index in [0.717, 1.165) is 11.8 Å². The van der Waals surface area contributed by atoms with Gasteiger partial charge >= 0.3 is 0 Å². The number of amidine groups is 1. The molecule has 1 heterocycles. The van der Waals surface area contributed by atoms with Gasteiger partial charge in [-0.05, 0) is 60.2 Å². The van der Waals surface area contributed by atoms with Crippen molar-refractivity contribution >= 4 is 57.4 Å². The molecule has 0 aromatic heterocycles. The monoisotopic (exact) mass is 542 g/mol. The molecular formula is C25H20BrFN2O4S. The summed E-state index contributed by atoms with van der Waals surface area (Å²) >= 11 is 1.13. The second kappa shape index (κ2) is 11.1. The van der Waals surface area contributed by atoms with E-state index in [2.05, 4.69) is 4.99 Å². The van der Waals surface area contributed by atoms with E-state index in [1.807, 2.05) is 6.07 Å². The summed E-state index contributed by atoms with van der Waals surface area (Å²) in [6, 6.07) is 19.1. The van der Waals surface area contributed by atoms with E-state index in [1.165, 1.54) is 42.3 Å². The summed E-state index contributed by atoms with van der Waals surface area (Å²) in [5, 5.41) is 10.2. The number of hydrogen-bond donors (Lipinski definition) is 1. The number of aliphatic imine (C=N–C) groups is 1. The smallest absolute Gasteiger partial charge is 0.283 e. The summed E-state index contributed by atoms with van der Waals surface area (Å²) in [5.41, 5.74) is 1.81. The molecule has 1 amide bonds. The van der Waals surface area contributed by atoms with E-state index in [9.17, 15) is 19.1 Å². The molecule has 1 N–H and O–H groups in total. The largest absolute Gasteiger partial charge is 0.504 e. The van der Waals surface area contributed by atoms with Crippen LogP contribution in [0.2, 0.25) is 0 Å². The van der Waals surface area contributed by atoms with Gasteiger partial charge in [-0.1, -0.05) is 36.0 Å². The van der Waals surface area contributed by atoms with Crippen LogP contribution in [-0.2, 0) is 4.79 Å². The lowest BCUT2D eigenvalue weighted by atomic mass is 10.1. The number of para-hydroxylation sites is 1. The standard InChI is InChI=1S/C25H19FN2O4S.BrH/c1-32-23-14-16(7-12-21(23)29)13-20-24(31)28(19-5-3-2-4-6-19)25(27-20)33-15-22(30)17-8-10-18(26)11-9-17;/h2-14,29H,15H2,1H3;1H/b20-13-;. The van der Waals surface area contributed by atoms with Crippen LogP contribution in [0.5, 0.6) is 11.5 Å². The van der Waals surface area contributed by atoms with Crippen molar-refractivity contribution in [2.75, 3.05) is 17.8 Å². The van der Waals surface area contributed by atoms with E-state index in [-0.39, 0.29) is 51.6 Å². The molecule has 0 spiro atoms. The molecule has 1 aliphatic heterocycles. The summed E-state index contributed by atoms with van der Waals surface area (Å²) in [5.74, 6) is -0.670. The lowest BCUT2D eigenvalue weighted by Gasteiger charge is -2.17. The number of halogens is 2. The van der Waals surface area contributed by atoms with Gasteiger partial charge in [0.15, 0.2) is 22.4 Å². The molecule has 0 unspecified atom stereocenters. The molecule has 3 aromatic carbocycles. The van der Waals surface area contributed by atoms with Gasteiger partial charge in [0.1, 0.15) is 11.5 Å². The molecule has 0 saturated heterocycles. The minimum atomic E-state index is -0.416. The first-order chi connectivity index (χ1) is 16.0. The van der Waals surface area contributed by atoms with Gasteiger partial charge in [-0.3, -0.25) is 14.5 Å². The number of carbonyl (C=O) groups excluding carboxylic acids is 2. The fourth-order valence-corrected chi connectivity index (χ4v) is 4.10. The Morgan fingerprint density at radius 3 is 2.50 bits per heavy atom. The van der Waals surface area contributed by atoms with E-state index in [1.54, 1.807) is 42.5 Å². The summed E-state index contributed by atoms with van der Waals surface area (Å²) in [6.45, 7) is 0. The maximum atomic E-state index is 13.2. The Morgan fingerprint density at radius 2 is 1.82 bits per heavy atom. The number of nitrogens with zero attached hydrogens (tertiary/aromatic N) is 2. The second-order valence-electron chi connectivity index (χ2n) is 7.05. The predicted octanol–water partition coefficient (Wildman–Crippen LogP) is 5.48. The first kappa shape index (κ1) is 25.2. The predicted molar refractivity (Wildman–Crippen MR) is 138 cm³/mol. The lowest BCUT2D eigenvalue weighted by molar-refractivity contribution is -0.113. The average molecular weight is 543 g/mol. The number of methoxy groups -OCH3 is 1. The Bertz CT molecular complexity index is 1260. The van der Waals surface area contributed by atoms with E-state index >= 15 is 0 Å². The lowest BCUT2D eigenvalue weighted by Crippen LogP contribution is -2.30. The summed E-state index contributed by atoms with van der Waals surface area (Å²) in [6.07, 6.45) is 1.59. The number of anilines is 1. The summed E-state index contributed by atoms with van der Waals surface area (Å²) < 4.78 is 18.3. The van der Waals surface area contributed by atoms with Crippen molar-refractivity contribution in [1.29, 1.82) is 0 Å². The van der Waals surface area contributed by atoms with Crippen LogP contribution in [-0.4, -0.2) is 34.8 Å². The Morgan fingerprint density at radius 1 is 1.12 bits per heavy atom. The Balaban J connectivity index is 0.00000324. The number of hydrogen-bond acceptors (Lipinski definition) is 6. The third-order valence-electron chi connectivity index (χ3n) is 4.85. The van der Waals surface area contributed by atoms with Gasteiger partial charge in [-0.25, -0.2) is 9.38 Å². The molecule has 0 saturated carbocycles. The highest BCUT2D eigenvalue weighted by Crippen LogP contribution is 2.31. The van der Waals surface area contributed by atoms with Crippen molar-refractivity contribution in [1.82, 2.24) is 0 Å². The Kier molecular flexibility index (Phi) is 8.25. The number of phenolic OH excluding ortho intramolecular Hbond substituents is 1. The van der Waals surface area contributed by atoms with Gasteiger partial charge in [-0.2, -0.15) is 0 Å². The first-order valence-electron chi connectivity index (χ1n) is 9.95. The van der Waals surface area contributed by atoms with Crippen LogP contribution in [0.1, 0.15) is 15.9 Å². The normalized spacial score (nSPS) is 14.1. The third-order valence-corrected chi connectivity index (χ3v) is 5.79. The Hall–Kier alpha value is -3.43. The highest BCUT2D eigenvalue weighted by Gasteiger charge is 2.32. The number of thioether (sulfide) groups is 1. The number of amides is 1. The molecule has 6 nitrogen and oxygen atoms in total. The van der Waals surface area contributed by atoms with E-state index in [4.69, 9.17) is 4.74 Å². The highest BCUT2D eigenvalue weighted by molar-refractivity contribution is 8.93. The zero-order valence-corrected chi connectivity index (χ0v) is 20.5. The minimum Gasteiger partial charge on any atom is -0.504 e. The van der Waals surface area contributed by atoms with Crippen molar-refractivity contribution in [2.45, 2.75) is 0 Å². The molecule has 0 bridgehead atoms. The molecule has 9 heteroatoms. The molecule has 174 valence electrons. The molecule has 0 atom stereocenters. The topological polar surface area (TPSA) is 79.2 Å². The van der Waals surface area contributed by atoms with Gasteiger partial charge in [0.2, 0.25) is 0 Å². The summed E-state index contributed by atoms with van der Waals surface area (Å²) in [4.78, 5) is 31.7. The van der Waals surface area contributed by atoms with Crippen LogP contribution >= 0.6 is 28.7 Å². The van der Waals surface area contributed by atoms with Gasteiger partial charge in [0.25, 0.3) is 5.91 Å². The van der Waals surface area contributed by atoms with Crippen molar-refractivity contribution in [2.24, 2.45) is 4.99 Å². The molecular weight excluding hydrogens is 523 g/mol. The number of phenols is 1.